The molecule has 1 aliphatic rings. The molecule has 0 saturated carbocycles. The van der Waals surface area contributed by atoms with Crippen molar-refractivity contribution < 1.29 is 33.0 Å². The summed E-state index contributed by atoms with van der Waals surface area (Å²) in [6.45, 7) is 1.52. The van der Waals surface area contributed by atoms with E-state index >= 15 is 0 Å². The van der Waals surface area contributed by atoms with E-state index in [9.17, 15) is 28.3 Å². The lowest BCUT2D eigenvalue weighted by Crippen LogP contribution is -2.50. The number of hydrogen-bond acceptors (Lipinski definition) is 6. The maximum Gasteiger partial charge on any atom is 0.257 e. The first-order chi connectivity index (χ1) is 15.2. The van der Waals surface area contributed by atoms with Crippen LogP contribution in [0.4, 0.5) is 8.78 Å². The molecule has 0 aliphatic carbocycles. The molecule has 0 fully saturated rings. The van der Waals surface area contributed by atoms with Crippen molar-refractivity contribution in [3.05, 3.63) is 63.1 Å². The number of hydrogen-bond donors (Lipinski definition) is 2. The minimum atomic E-state index is -1.05. The number of carbonyl (C=O) groups excluding carboxylic acids is 2. The first kappa shape index (κ1) is 23.6. The summed E-state index contributed by atoms with van der Waals surface area (Å²) < 4.78 is 39.5. The van der Waals surface area contributed by atoms with Crippen LogP contribution in [-0.2, 0) is 22.6 Å². The van der Waals surface area contributed by atoms with Crippen LogP contribution in [0.15, 0.2) is 29.2 Å². The van der Waals surface area contributed by atoms with Gasteiger partial charge in [0.15, 0.2) is 11.5 Å². The standard InChI is InChI=1S/C22H24F2N2O6/c1-22(7-8-31-2)16(32-3)11-26-10-13(18(27)19(28)17(26)20(22)29)21(30)25-9-12-14(23)5-4-6-15(12)24/h4-6,10,16,28H,7-9,11H2,1-3H3,(H,25,30)/t16?,22-/m0/s1. The predicted octanol–water partition coefficient (Wildman–Crippen LogP) is 2.02. The smallest absolute Gasteiger partial charge is 0.257 e. The van der Waals surface area contributed by atoms with Gasteiger partial charge in [0.05, 0.1) is 18.1 Å². The summed E-state index contributed by atoms with van der Waals surface area (Å²) in [5, 5.41) is 12.8. The van der Waals surface area contributed by atoms with Gasteiger partial charge < -0.3 is 24.5 Å². The van der Waals surface area contributed by atoms with E-state index in [0.29, 0.717) is 6.42 Å². The van der Waals surface area contributed by atoms with Crippen LogP contribution in [0.3, 0.4) is 0 Å². The normalized spacial score (nSPS) is 20.2. The second-order valence-electron chi connectivity index (χ2n) is 7.82. The summed E-state index contributed by atoms with van der Waals surface area (Å²) in [4.78, 5) is 38.5. The number of nitrogens with zero attached hydrogens (tertiary/aromatic N) is 1. The summed E-state index contributed by atoms with van der Waals surface area (Å²) in [6, 6.07) is 3.27. The minimum absolute atomic E-state index is 0.0911. The Hall–Kier alpha value is -3.11. The molecular formula is C22H24F2N2O6. The minimum Gasteiger partial charge on any atom is -0.503 e. The molecule has 1 aromatic heterocycles. The predicted molar refractivity (Wildman–Crippen MR) is 110 cm³/mol. The van der Waals surface area contributed by atoms with Crippen LogP contribution in [0, 0.1) is 17.0 Å². The van der Waals surface area contributed by atoms with E-state index in [1.54, 1.807) is 6.92 Å². The van der Waals surface area contributed by atoms with Gasteiger partial charge in [-0.3, -0.25) is 14.4 Å². The Kier molecular flexibility index (Phi) is 6.75. The summed E-state index contributed by atoms with van der Waals surface area (Å²) in [7, 11) is 2.93. The Morgan fingerprint density at radius 1 is 1.28 bits per heavy atom. The monoisotopic (exact) mass is 450 g/mol. The maximum atomic E-state index is 13.8. The average Bonchev–Trinajstić information content (AvgIpc) is 2.76. The molecule has 1 unspecified atom stereocenters. The van der Waals surface area contributed by atoms with E-state index in [4.69, 9.17) is 9.47 Å². The van der Waals surface area contributed by atoms with Crippen LogP contribution in [0.1, 0.15) is 39.8 Å². The van der Waals surface area contributed by atoms with E-state index in [0.717, 1.165) is 18.3 Å². The summed E-state index contributed by atoms with van der Waals surface area (Å²) in [6.07, 6.45) is 0.831. The number of methoxy groups -OCH3 is 2. The zero-order chi connectivity index (χ0) is 23.6. The molecule has 3 rings (SSSR count). The largest absolute Gasteiger partial charge is 0.503 e. The number of pyridine rings is 1. The van der Waals surface area contributed by atoms with E-state index in [-0.39, 0.29) is 24.4 Å². The molecule has 10 heteroatoms. The second-order valence-corrected chi connectivity index (χ2v) is 7.82. The fraction of sp³-hybridized carbons (Fsp3) is 0.409. The number of Topliss-reactive ketones (excluding diaryl/α,β-unsaturated/α-hetero) is 1. The number of amides is 1. The zero-order valence-electron chi connectivity index (χ0n) is 17.9. The lowest BCUT2D eigenvalue weighted by atomic mass is 9.73. The second kappa shape index (κ2) is 9.17. The van der Waals surface area contributed by atoms with Crippen LogP contribution < -0.4 is 10.7 Å². The highest BCUT2D eigenvalue weighted by atomic mass is 19.1. The molecule has 2 atom stereocenters. The first-order valence-corrected chi connectivity index (χ1v) is 9.89. The number of nitrogens with one attached hydrogen (secondary N) is 1. The number of ketones is 1. The van der Waals surface area contributed by atoms with E-state index < -0.39 is 58.1 Å². The third kappa shape index (κ3) is 4.03. The molecule has 1 aliphatic heterocycles. The van der Waals surface area contributed by atoms with Crippen LogP contribution in [-0.4, -0.2) is 48.3 Å². The number of benzene rings is 1. The first-order valence-electron chi connectivity index (χ1n) is 9.89. The maximum absolute atomic E-state index is 13.8. The van der Waals surface area contributed by atoms with Crippen LogP contribution in [0.25, 0.3) is 0 Å². The van der Waals surface area contributed by atoms with Crippen molar-refractivity contribution in [2.24, 2.45) is 5.41 Å². The summed E-state index contributed by atoms with van der Waals surface area (Å²) in [5.74, 6) is -4.02. The molecule has 1 amide bonds. The Balaban J connectivity index is 1.95. The van der Waals surface area contributed by atoms with Crippen LogP contribution in [0.5, 0.6) is 5.75 Å². The molecule has 172 valence electrons. The van der Waals surface area contributed by atoms with Gasteiger partial charge in [-0.15, -0.1) is 0 Å². The van der Waals surface area contributed by atoms with Crippen molar-refractivity contribution in [2.75, 3.05) is 20.8 Å². The number of fused-ring (bicyclic) bond motifs is 1. The van der Waals surface area contributed by atoms with Gasteiger partial charge in [-0.25, -0.2) is 8.78 Å². The quantitative estimate of drug-likeness (QED) is 0.669. The van der Waals surface area contributed by atoms with E-state index in [1.807, 2.05) is 0 Å². The molecule has 0 saturated heterocycles. The number of rotatable bonds is 7. The van der Waals surface area contributed by atoms with Gasteiger partial charge in [-0.1, -0.05) is 6.07 Å². The lowest BCUT2D eigenvalue weighted by molar-refractivity contribution is -0.0262. The number of aromatic hydroxyl groups is 1. The van der Waals surface area contributed by atoms with Crippen molar-refractivity contribution in [1.82, 2.24) is 9.88 Å². The fourth-order valence-corrected chi connectivity index (χ4v) is 3.88. The summed E-state index contributed by atoms with van der Waals surface area (Å²) in [5.41, 5.74) is -3.17. The van der Waals surface area contributed by atoms with Gasteiger partial charge in [-0.2, -0.15) is 0 Å². The SMILES string of the molecule is COCC[C@]1(C)C(=O)c2c(O)c(=O)c(C(=O)NCc3c(F)cccc3F)cn2CC1OC. The van der Waals surface area contributed by atoms with Crippen molar-refractivity contribution in [3.63, 3.8) is 0 Å². The van der Waals surface area contributed by atoms with Gasteiger partial charge in [0.1, 0.15) is 22.9 Å². The molecule has 2 aromatic rings. The highest BCUT2D eigenvalue weighted by molar-refractivity contribution is 6.03. The van der Waals surface area contributed by atoms with Gasteiger partial charge >= 0.3 is 0 Å². The van der Waals surface area contributed by atoms with Gasteiger partial charge in [-0.05, 0) is 25.5 Å². The number of halogens is 2. The van der Waals surface area contributed by atoms with Crippen molar-refractivity contribution in [3.8, 4) is 5.75 Å². The molecule has 0 spiro atoms. The Labute approximate surface area is 182 Å². The Bertz CT molecular complexity index is 1100. The number of carbonyl (C=O) groups is 2. The fourth-order valence-electron chi connectivity index (χ4n) is 3.88. The van der Waals surface area contributed by atoms with Crippen molar-refractivity contribution in [1.29, 1.82) is 0 Å². The molecule has 1 aromatic carbocycles. The third-order valence-corrected chi connectivity index (χ3v) is 5.91. The van der Waals surface area contributed by atoms with Gasteiger partial charge in [0.25, 0.3) is 5.91 Å². The van der Waals surface area contributed by atoms with E-state index in [1.165, 1.54) is 24.9 Å². The topological polar surface area (TPSA) is 107 Å². The van der Waals surface area contributed by atoms with E-state index in [2.05, 4.69) is 5.32 Å². The number of aromatic nitrogens is 1. The van der Waals surface area contributed by atoms with Crippen LogP contribution in [0.2, 0.25) is 0 Å². The van der Waals surface area contributed by atoms with Crippen molar-refractivity contribution >= 4 is 11.7 Å². The van der Waals surface area contributed by atoms with Gasteiger partial charge in [0, 0.05) is 39.1 Å². The van der Waals surface area contributed by atoms with Crippen molar-refractivity contribution in [2.45, 2.75) is 32.5 Å². The lowest BCUT2D eigenvalue weighted by Gasteiger charge is -2.40. The van der Waals surface area contributed by atoms with Gasteiger partial charge in [0.2, 0.25) is 5.43 Å². The molecule has 0 bridgehead atoms. The molecule has 8 nitrogen and oxygen atoms in total. The molecule has 2 N–H and O–H groups in total. The molecular weight excluding hydrogens is 426 g/mol. The highest BCUT2D eigenvalue weighted by Gasteiger charge is 2.48. The molecule has 32 heavy (non-hydrogen) atoms. The average molecular weight is 450 g/mol. The molecule has 2 heterocycles. The third-order valence-electron chi connectivity index (χ3n) is 5.91. The highest BCUT2D eigenvalue weighted by Crippen LogP contribution is 2.39. The number of ether oxygens (including phenoxy) is 2. The summed E-state index contributed by atoms with van der Waals surface area (Å²) >= 11 is 0. The van der Waals surface area contributed by atoms with Crippen LogP contribution >= 0.6 is 0 Å². The Morgan fingerprint density at radius 2 is 1.94 bits per heavy atom. The Morgan fingerprint density at radius 3 is 2.53 bits per heavy atom. The molecule has 0 radical (unpaired) electrons. The zero-order valence-corrected chi connectivity index (χ0v) is 17.9.